The zero-order valence-electron chi connectivity index (χ0n) is 13.1. The summed E-state index contributed by atoms with van der Waals surface area (Å²) in [6.45, 7) is 2.71. The van der Waals surface area contributed by atoms with Crippen LogP contribution in [0.1, 0.15) is 29.2 Å². The SMILES string of the molecule is Cc1ccc(CC(=O)N(C)C2CCOc3ccccc32)cc1. The van der Waals surface area contributed by atoms with Crippen molar-refractivity contribution in [1.29, 1.82) is 0 Å². The summed E-state index contributed by atoms with van der Waals surface area (Å²) in [7, 11) is 1.89. The molecule has 1 aliphatic heterocycles. The lowest BCUT2D eigenvalue weighted by atomic mass is 9.98. The van der Waals surface area contributed by atoms with E-state index in [2.05, 4.69) is 13.0 Å². The van der Waals surface area contributed by atoms with Crippen LogP contribution in [0.3, 0.4) is 0 Å². The summed E-state index contributed by atoms with van der Waals surface area (Å²) in [6, 6.07) is 16.2. The monoisotopic (exact) mass is 295 g/mol. The van der Waals surface area contributed by atoms with E-state index in [1.165, 1.54) is 5.56 Å². The summed E-state index contributed by atoms with van der Waals surface area (Å²) >= 11 is 0. The molecular weight excluding hydrogens is 274 g/mol. The molecule has 1 amide bonds. The van der Waals surface area contributed by atoms with E-state index >= 15 is 0 Å². The Kier molecular flexibility index (Phi) is 4.14. The molecule has 0 saturated heterocycles. The van der Waals surface area contributed by atoms with E-state index in [1.54, 1.807) is 0 Å². The number of hydrogen-bond donors (Lipinski definition) is 0. The molecule has 0 bridgehead atoms. The number of benzene rings is 2. The van der Waals surface area contributed by atoms with Crippen molar-refractivity contribution >= 4 is 5.91 Å². The van der Waals surface area contributed by atoms with Gasteiger partial charge in [-0.25, -0.2) is 0 Å². The molecular formula is C19H21NO2. The van der Waals surface area contributed by atoms with E-state index in [9.17, 15) is 4.79 Å². The Hall–Kier alpha value is -2.29. The van der Waals surface area contributed by atoms with Crippen LogP contribution in [0, 0.1) is 6.92 Å². The molecule has 0 aromatic heterocycles. The second-order valence-electron chi connectivity index (χ2n) is 5.86. The highest BCUT2D eigenvalue weighted by Crippen LogP contribution is 2.35. The van der Waals surface area contributed by atoms with Crippen molar-refractivity contribution in [3.8, 4) is 5.75 Å². The van der Waals surface area contributed by atoms with E-state index < -0.39 is 0 Å². The molecule has 3 heteroatoms. The minimum atomic E-state index is 0.0999. The van der Waals surface area contributed by atoms with Gasteiger partial charge >= 0.3 is 0 Å². The van der Waals surface area contributed by atoms with E-state index in [0.29, 0.717) is 13.0 Å². The summed E-state index contributed by atoms with van der Waals surface area (Å²) < 4.78 is 5.68. The third kappa shape index (κ3) is 2.98. The Morgan fingerprint density at radius 1 is 1.18 bits per heavy atom. The molecule has 1 unspecified atom stereocenters. The van der Waals surface area contributed by atoms with Gasteiger partial charge in [0.05, 0.1) is 19.1 Å². The first-order chi connectivity index (χ1) is 10.6. The number of ether oxygens (including phenoxy) is 1. The highest BCUT2D eigenvalue weighted by atomic mass is 16.5. The molecule has 0 radical (unpaired) electrons. The van der Waals surface area contributed by atoms with Crippen LogP contribution in [0.4, 0.5) is 0 Å². The summed E-state index contributed by atoms with van der Waals surface area (Å²) in [6.07, 6.45) is 1.28. The number of nitrogens with zero attached hydrogens (tertiary/aromatic N) is 1. The largest absolute Gasteiger partial charge is 0.493 e. The Labute approximate surface area is 131 Å². The minimum Gasteiger partial charge on any atom is -0.493 e. The lowest BCUT2D eigenvalue weighted by molar-refractivity contribution is -0.131. The van der Waals surface area contributed by atoms with Gasteiger partial charge in [-0.3, -0.25) is 4.79 Å². The summed E-state index contributed by atoms with van der Waals surface area (Å²) in [4.78, 5) is 14.5. The van der Waals surface area contributed by atoms with Crippen LogP contribution < -0.4 is 4.74 Å². The summed E-state index contributed by atoms with van der Waals surface area (Å²) in [5.41, 5.74) is 3.37. The van der Waals surface area contributed by atoms with Gasteiger partial charge in [0.15, 0.2) is 0 Å². The van der Waals surface area contributed by atoms with Crippen molar-refractivity contribution in [1.82, 2.24) is 4.90 Å². The van der Waals surface area contributed by atoms with Crippen LogP contribution in [-0.4, -0.2) is 24.5 Å². The number of fused-ring (bicyclic) bond motifs is 1. The first-order valence-corrected chi connectivity index (χ1v) is 7.68. The van der Waals surface area contributed by atoms with Gasteiger partial charge in [0, 0.05) is 19.0 Å². The van der Waals surface area contributed by atoms with Crippen LogP contribution in [-0.2, 0) is 11.2 Å². The highest BCUT2D eigenvalue weighted by Gasteiger charge is 2.27. The Balaban J connectivity index is 1.75. The zero-order valence-corrected chi connectivity index (χ0v) is 13.1. The number of aryl methyl sites for hydroxylation is 1. The van der Waals surface area contributed by atoms with Gasteiger partial charge in [-0.2, -0.15) is 0 Å². The average molecular weight is 295 g/mol. The van der Waals surface area contributed by atoms with Crippen molar-refractivity contribution in [3.05, 3.63) is 65.2 Å². The molecule has 0 saturated carbocycles. The lowest BCUT2D eigenvalue weighted by Gasteiger charge is -2.33. The number of likely N-dealkylation sites (N-methyl/N-ethyl adjacent to an activating group) is 1. The zero-order chi connectivity index (χ0) is 15.5. The van der Waals surface area contributed by atoms with Crippen molar-refractivity contribution in [3.63, 3.8) is 0 Å². The average Bonchev–Trinajstić information content (AvgIpc) is 2.55. The van der Waals surface area contributed by atoms with Gasteiger partial charge in [0.1, 0.15) is 5.75 Å². The fourth-order valence-electron chi connectivity index (χ4n) is 2.90. The first-order valence-electron chi connectivity index (χ1n) is 7.68. The van der Waals surface area contributed by atoms with E-state index in [-0.39, 0.29) is 11.9 Å². The maximum atomic E-state index is 12.6. The van der Waals surface area contributed by atoms with Crippen LogP contribution in [0.5, 0.6) is 5.75 Å². The van der Waals surface area contributed by atoms with Gasteiger partial charge < -0.3 is 9.64 Å². The molecule has 2 aromatic carbocycles. The van der Waals surface area contributed by atoms with Crippen molar-refractivity contribution < 1.29 is 9.53 Å². The number of rotatable bonds is 3. The molecule has 0 N–H and O–H groups in total. The third-order valence-electron chi connectivity index (χ3n) is 4.26. The summed E-state index contributed by atoms with van der Waals surface area (Å²) in [5, 5.41) is 0. The van der Waals surface area contributed by atoms with Crippen molar-refractivity contribution in [2.24, 2.45) is 0 Å². The molecule has 0 aliphatic carbocycles. The topological polar surface area (TPSA) is 29.5 Å². The number of para-hydroxylation sites is 1. The number of carbonyl (C=O) groups is 1. The predicted octanol–water partition coefficient (Wildman–Crippen LogP) is 3.52. The number of hydrogen-bond acceptors (Lipinski definition) is 2. The van der Waals surface area contributed by atoms with Crippen LogP contribution in [0.2, 0.25) is 0 Å². The molecule has 0 fully saturated rings. The second-order valence-corrected chi connectivity index (χ2v) is 5.86. The van der Waals surface area contributed by atoms with Gasteiger partial charge in [-0.1, -0.05) is 48.0 Å². The molecule has 3 rings (SSSR count). The quantitative estimate of drug-likeness (QED) is 0.867. The molecule has 1 aliphatic rings. The fraction of sp³-hybridized carbons (Fsp3) is 0.316. The maximum absolute atomic E-state index is 12.6. The molecule has 22 heavy (non-hydrogen) atoms. The highest BCUT2D eigenvalue weighted by molar-refractivity contribution is 5.79. The van der Waals surface area contributed by atoms with E-state index in [0.717, 1.165) is 23.3 Å². The Morgan fingerprint density at radius 2 is 1.91 bits per heavy atom. The minimum absolute atomic E-state index is 0.0999. The Bertz CT molecular complexity index is 663. The Morgan fingerprint density at radius 3 is 2.68 bits per heavy atom. The molecule has 1 atom stereocenters. The van der Waals surface area contributed by atoms with Gasteiger partial charge in [-0.15, -0.1) is 0 Å². The standard InChI is InChI=1S/C19H21NO2/c1-14-7-9-15(10-8-14)13-19(21)20(2)17-11-12-22-18-6-4-3-5-16(17)18/h3-10,17H,11-13H2,1-2H3. The van der Waals surface area contributed by atoms with Gasteiger partial charge in [0.25, 0.3) is 0 Å². The normalized spacial score (nSPS) is 16.5. The van der Waals surface area contributed by atoms with Crippen LogP contribution >= 0.6 is 0 Å². The van der Waals surface area contributed by atoms with E-state index in [4.69, 9.17) is 4.74 Å². The third-order valence-corrected chi connectivity index (χ3v) is 4.26. The predicted molar refractivity (Wildman–Crippen MR) is 86.9 cm³/mol. The number of amides is 1. The van der Waals surface area contributed by atoms with Crippen LogP contribution in [0.25, 0.3) is 0 Å². The summed E-state index contributed by atoms with van der Waals surface area (Å²) in [5.74, 6) is 1.04. The van der Waals surface area contributed by atoms with Gasteiger partial charge in [-0.05, 0) is 18.6 Å². The number of carbonyl (C=O) groups excluding carboxylic acids is 1. The van der Waals surface area contributed by atoms with Crippen LogP contribution in [0.15, 0.2) is 48.5 Å². The molecule has 2 aromatic rings. The molecule has 1 heterocycles. The molecule has 0 spiro atoms. The molecule has 3 nitrogen and oxygen atoms in total. The second kappa shape index (κ2) is 6.22. The molecule has 114 valence electrons. The van der Waals surface area contributed by atoms with Crippen molar-refractivity contribution in [2.45, 2.75) is 25.8 Å². The smallest absolute Gasteiger partial charge is 0.227 e. The first kappa shape index (κ1) is 14.6. The van der Waals surface area contributed by atoms with Gasteiger partial charge in [0.2, 0.25) is 5.91 Å². The lowest BCUT2D eigenvalue weighted by Crippen LogP contribution is -2.35. The maximum Gasteiger partial charge on any atom is 0.227 e. The van der Waals surface area contributed by atoms with E-state index in [1.807, 2.05) is 54.4 Å². The van der Waals surface area contributed by atoms with Crippen molar-refractivity contribution in [2.75, 3.05) is 13.7 Å². The fourth-order valence-corrected chi connectivity index (χ4v) is 2.90.